The fraction of sp³-hybridized carbons (Fsp3) is 0.355. The summed E-state index contributed by atoms with van der Waals surface area (Å²) >= 11 is 0. The van der Waals surface area contributed by atoms with Crippen molar-refractivity contribution < 1.29 is 23.0 Å². The van der Waals surface area contributed by atoms with Crippen molar-refractivity contribution in [2.75, 3.05) is 6.61 Å². The van der Waals surface area contributed by atoms with Gasteiger partial charge >= 0.3 is 0 Å². The van der Waals surface area contributed by atoms with E-state index in [2.05, 4.69) is 6.58 Å². The summed E-state index contributed by atoms with van der Waals surface area (Å²) in [6, 6.07) is 15.2. The molecule has 190 valence electrons. The van der Waals surface area contributed by atoms with Gasteiger partial charge in [0.25, 0.3) is 0 Å². The topological polar surface area (TPSA) is 29.5 Å². The van der Waals surface area contributed by atoms with Crippen molar-refractivity contribution in [3.8, 4) is 16.9 Å². The molecule has 0 aromatic heterocycles. The summed E-state index contributed by atoms with van der Waals surface area (Å²) in [5.41, 5.74) is 2.64. The number of hydrogen-bond acceptors (Lipinski definition) is 2. The van der Waals surface area contributed by atoms with E-state index >= 15 is 0 Å². The maximum Gasteiger partial charge on any atom is 0.166 e. The number of benzene rings is 3. The van der Waals surface area contributed by atoms with Crippen LogP contribution in [0.4, 0.5) is 13.2 Å². The lowest BCUT2D eigenvalue weighted by atomic mass is 9.76. The molecule has 1 fully saturated rings. The maximum atomic E-state index is 14.9. The van der Waals surface area contributed by atoms with Crippen LogP contribution in [-0.4, -0.2) is 11.7 Å². The lowest BCUT2D eigenvalue weighted by Gasteiger charge is -2.29. The molecule has 5 heteroatoms. The average Bonchev–Trinajstić information content (AvgIpc) is 2.89. The fourth-order valence-electron chi connectivity index (χ4n) is 5.15. The number of rotatable bonds is 9. The van der Waals surface area contributed by atoms with Gasteiger partial charge in [-0.3, -0.25) is 0 Å². The third kappa shape index (κ3) is 6.01. The Labute approximate surface area is 211 Å². The van der Waals surface area contributed by atoms with Crippen molar-refractivity contribution in [3.05, 3.63) is 101 Å². The van der Waals surface area contributed by atoms with Crippen LogP contribution in [0.2, 0.25) is 0 Å². The second-order valence-corrected chi connectivity index (χ2v) is 9.74. The summed E-state index contributed by atoms with van der Waals surface area (Å²) < 4.78 is 49.8. The summed E-state index contributed by atoms with van der Waals surface area (Å²) in [7, 11) is 0. The van der Waals surface area contributed by atoms with Crippen molar-refractivity contribution in [1.29, 1.82) is 0 Å². The third-order valence-corrected chi connectivity index (χ3v) is 7.31. The third-order valence-electron chi connectivity index (χ3n) is 7.31. The molecule has 2 nitrogen and oxygen atoms in total. The van der Waals surface area contributed by atoms with E-state index in [-0.39, 0.29) is 17.3 Å². The predicted octanol–water partition coefficient (Wildman–Crippen LogP) is 8.30. The minimum Gasteiger partial charge on any atom is -0.489 e. The van der Waals surface area contributed by atoms with E-state index in [4.69, 9.17) is 4.74 Å². The van der Waals surface area contributed by atoms with Gasteiger partial charge in [0.05, 0.1) is 6.10 Å². The van der Waals surface area contributed by atoms with Crippen LogP contribution in [-0.2, 0) is 6.42 Å². The van der Waals surface area contributed by atoms with Crippen LogP contribution >= 0.6 is 0 Å². The van der Waals surface area contributed by atoms with Gasteiger partial charge in [-0.25, -0.2) is 13.2 Å². The van der Waals surface area contributed by atoms with Gasteiger partial charge in [0.2, 0.25) is 0 Å². The van der Waals surface area contributed by atoms with Crippen LogP contribution in [0.5, 0.6) is 5.75 Å². The molecule has 0 aliphatic heterocycles. The van der Waals surface area contributed by atoms with E-state index < -0.39 is 17.7 Å². The van der Waals surface area contributed by atoms with E-state index in [1.54, 1.807) is 55.5 Å². The molecule has 4 rings (SSSR count). The molecule has 1 atom stereocenters. The number of aryl methyl sites for hydroxylation is 1. The summed E-state index contributed by atoms with van der Waals surface area (Å²) in [4.78, 5) is 0. The minimum atomic E-state index is -0.836. The van der Waals surface area contributed by atoms with Crippen molar-refractivity contribution in [1.82, 2.24) is 0 Å². The molecular weight excluding hydrogens is 461 g/mol. The molecule has 0 bridgehead atoms. The molecule has 0 radical (unpaired) electrons. The van der Waals surface area contributed by atoms with Crippen LogP contribution in [0, 0.1) is 23.4 Å². The highest BCUT2D eigenvalue weighted by molar-refractivity contribution is 5.65. The number of halogens is 3. The quantitative estimate of drug-likeness (QED) is 0.303. The first-order valence-electron chi connectivity index (χ1n) is 12.7. The monoisotopic (exact) mass is 494 g/mol. The molecule has 36 heavy (non-hydrogen) atoms. The first-order valence-corrected chi connectivity index (χ1v) is 12.7. The summed E-state index contributed by atoms with van der Waals surface area (Å²) in [5, 5.41) is 9.65. The Bertz CT molecular complexity index is 1180. The lowest BCUT2D eigenvalue weighted by Crippen LogP contribution is -2.15. The van der Waals surface area contributed by atoms with Crippen molar-refractivity contribution in [3.63, 3.8) is 0 Å². The van der Waals surface area contributed by atoms with Crippen molar-refractivity contribution in [2.24, 2.45) is 5.92 Å². The predicted molar refractivity (Wildman–Crippen MR) is 138 cm³/mol. The Balaban J connectivity index is 1.33. The molecule has 1 N–H and O–H groups in total. The normalized spacial score (nSPS) is 18.6. The van der Waals surface area contributed by atoms with E-state index in [9.17, 15) is 18.3 Å². The Morgan fingerprint density at radius 2 is 1.69 bits per heavy atom. The van der Waals surface area contributed by atoms with Gasteiger partial charge in [-0.1, -0.05) is 55.1 Å². The second kappa shape index (κ2) is 11.8. The highest BCUT2D eigenvalue weighted by Gasteiger charge is 2.25. The second-order valence-electron chi connectivity index (χ2n) is 9.74. The Morgan fingerprint density at radius 1 is 0.972 bits per heavy atom. The fourth-order valence-corrected chi connectivity index (χ4v) is 5.15. The van der Waals surface area contributed by atoms with Gasteiger partial charge in [0.1, 0.15) is 18.2 Å². The molecule has 0 heterocycles. The Hall–Kier alpha value is -3.05. The molecule has 0 spiro atoms. The highest BCUT2D eigenvalue weighted by atomic mass is 19.2. The van der Waals surface area contributed by atoms with Crippen LogP contribution in [0.25, 0.3) is 11.1 Å². The minimum absolute atomic E-state index is 0.170. The maximum absolute atomic E-state index is 14.9. The number of aliphatic hydroxyl groups excluding tert-OH is 1. The van der Waals surface area contributed by atoms with E-state index in [1.165, 1.54) is 6.07 Å². The SMILES string of the molecule is C=CCOc1ccc(C2CCC(CCc3ccc(-c4ccc(C(C)O)cc4)c(F)c3F)CC2)c(F)c1. The summed E-state index contributed by atoms with van der Waals surface area (Å²) in [6.07, 6.45) is 5.91. The molecule has 0 saturated heterocycles. The smallest absolute Gasteiger partial charge is 0.166 e. The molecule has 3 aromatic carbocycles. The number of ether oxygens (including phenoxy) is 1. The molecule has 1 saturated carbocycles. The Kier molecular flexibility index (Phi) is 8.52. The lowest BCUT2D eigenvalue weighted by molar-refractivity contribution is 0.199. The summed E-state index contributed by atoms with van der Waals surface area (Å²) in [6.45, 7) is 5.60. The number of hydrogen-bond donors (Lipinski definition) is 1. The molecule has 1 aliphatic carbocycles. The van der Waals surface area contributed by atoms with Crippen molar-refractivity contribution >= 4 is 0 Å². The number of aliphatic hydroxyl groups is 1. The molecule has 1 aliphatic rings. The van der Waals surface area contributed by atoms with Crippen LogP contribution in [0.15, 0.2) is 67.3 Å². The van der Waals surface area contributed by atoms with E-state index in [0.29, 0.717) is 35.8 Å². The van der Waals surface area contributed by atoms with Crippen LogP contribution in [0.1, 0.15) is 67.7 Å². The first kappa shape index (κ1) is 26.0. The zero-order valence-corrected chi connectivity index (χ0v) is 20.7. The zero-order valence-electron chi connectivity index (χ0n) is 20.7. The first-order chi connectivity index (χ1) is 17.4. The molecule has 1 unspecified atom stereocenters. The van der Waals surface area contributed by atoms with E-state index in [0.717, 1.165) is 43.2 Å². The van der Waals surface area contributed by atoms with Gasteiger partial charge < -0.3 is 9.84 Å². The van der Waals surface area contributed by atoms with Gasteiger partial charge in [0, 0.05) is 11.6 Å². The molecule has 0 amide bonds. The standard InChI is InChI=1S/C31H33F3O2/c1-3-18-36-26-15-17-27(29(32)19-26)23-7-4-21(5-8-23)6-9-25-14-16-28(31(34)30(25)33)24-12-10-22(11-13-24)20(2)35/h3,10-17,19-21,23,35H,1,4-9,18H2,2H3. The molecular formula is C31H33F3O2. The van der Waals surface area contributed by atoms with Gasteiger partial charge in [-0.15, -0.1) is 0 Å². The Morgan fingerprint density at radius 3 is 2.33 bits per heavy atom. The zero-order chi connectivity index (χ0) is 25.7. The van der Waals surface area contributed by atoms with E-state index in [1.807, 2.05) is 6.07 Å². The molecule has 3 aromatic rings. The van der Waals surface area contributed by atoms with Crippen molar-refractivity contribution in [2.45, 2.75) is 57.5 Å². The van der Waals surface area contributed by atoms with Crippen LogP contribution in [0.3, 0.4) is 0 Å². The highest BCUT2D eigenvalue weighted by Crippen LogP contribution is 2.39. The largest absolute Gasteiger partial charge is 0.489 e. The van der Waals surface area contributed by atoms with Gasteiger partial charge in [-0.2, -0.15) is 0 Å². The van der Waals surface area contributed by atoms with Gasteiger partial charge in [0.15, 0.2) is 11.6 Å². The van der Waals surface area contributed by atoms with Crippen LogP contribution < -0.4 is 4.74 Å². The average molecular weight is 495 g/mol. The van der Waals surface area contributed by atoms with Gasteiger partial charge in [-0.05, 0) is 85.6 Å². The summed E-state index contributed by atoms with van der Waals surface area (Å²) in [5.74, 6) is -0.781.